The number of piperazine rings is 1. The lowest BCUT2D eigenvalue weighted by atomic mass is 10.2. The predicted octanol–water partition coefficient (Wildman–Crippen LogP) is 1.49. The van der Waals surface area contributed by atoms with E-state index in [0.29, 0.717) is 24.0 Å². The lowest BCUT2D eigenvalue weighted by Gasteiger charge is -2.38. The van der Waals surface area contributed by atoms with E-state index in [2.05, 4.69) is 23.8 Å². The summed E-state index contributed by atoms with van der Waals surface area (Å²) in [5.74, 6) is 0.368. The summed E-state index contributed by atoms with van der Waals surface area (Å²) in [5, 5.41) is 0. The van der Waals surface area contributed by atoms with Crippen LogP contribution in [0.2, 0.25) is 0 Å². The van der Waals surface area contributed by atoms with Gasteiger partial charge in [0.25, 0.3) is 0 Å². The predicted molar refractivity (Wildman–Crippen MR) is 81.8 cm³/mol. The molecule has 1 aromatic carbocycles. The molecular weight excluding hydrogens is 268 g/mol. The number of likely N-dealkylation sites (N-methyl/N-ethyl adjacent to an activating group) is 1. The lowest BCUT2D eigenvalue weighted by Crippen LogP contribution is -2.51. The maximum Gasteiger partial charge on any atom is 0.337 e. The molecule has 1 saturated heterocycles. The Morgan fingerprint density at radius 3 is 2.90 bits per heavy atom. The van der Waals surface area contributed by atoms with E-state index in [-0.39, 0.29) is 5.97 Å². The van der Waals surface area contributed by atoms with Crippen LogP contribution in [0.1, 0.15) is 17.3 Å². The van der Waals surface area contributed by atoms with Crippen molar-refractivity contribution in [1.29, 1.82) is 0 Å². The van der Waals surface area contributed by atoms with Crippen molar-refractivity contribution in [3.63, 3.8) is 0 Å². The van der Waals surface area contributed by atoms with Gasteiger partial charge in [-0.1, -0.05) is 6.07 Å². The molecule has 5 heteroatoms. The van der Waals surface area contributed by atoms with E-state index in [1.54, 1.807) is 18.2 Å². The van der Waals surface area contributed by atoms with E-state index in [9.17, 15) is 4.79 Å². The van der Waals surface area contributed by atoms with Crippen LogP contribution in [0, 0.1) is 0 Å². The van der Waals surface area contributed by atoms with Crippen molar-refractivity contribution in [2.45, 2.75) is 13.0 Å². The fourth-order valence-corrected chi connectivity index (χ4v) is 2.62. The molecule has 0 amide bonds. The molecule has 0 saturated carbocycles. The number of hydrogen-bond acceptors (Lipinski definition) is 5. The molecule has 21 heavy (non-hydrogen) atoms. The zero-order chi connectivity index (χ0) is 15.2. The molecule has 1 unspecified atom stereocenters. The van der Waals surface area contributed by atoms with Crippen molar-refractivity contribution in [1.82, 2.24) is 9.80 Å². The first kappa shape index (κ1) is 15.8. The van der Waals surface area contributed by atoms with Gasteiger partial charge in [-0.2, -0.15) is 0 Å². The van der Waals surface area contributed by atoms with Crippen LogP contribution in [0.4, 0.5) is 0 Å². The average Bonchev–Trinajstić information content (AvgIpc) is 2.49. The van der Waals surface area contributed by atoms with Crippen molar-refractivity contribution < 1.29 is 14.3 Å². The van der Waals surface area contributed by atoms with Crippen molar-refractivity contribution >= 4 is 5.97 Å². The van der Waals surface area contributed by atoms with E-state index in [1.807, 2.05) is 6.07 Å². The maximum atomic E-state index is 11.5. The zero-order valence-electron chi connectivity index (χ0n) is 13.0. The van der Waals surface area contributed by atoms with Crippen molar-refractivity contribution in [3.05, 3.63) is 29.8 Å². The molecule has 1 atom stereocenters. The highest BCUT2D eigenvalue weighted by Gasteiger charge is 2.20. The molecule has 1 heterocycles. The highest BCUT2D eigenvalue weighted by Crippen LogP contribution is 2.14. The van der Waals surface area contributed by atoms with E-state index in [4.69, 9.17) is 9.47 Å². The zero-order valence-corrected chi connectivity index (χ0v) is 13.0. The summed E-state index contributed by atoms with van der Waals surface area (Å²) in [6.07, 6.45) is 0. The Bertz CT molecular complexity index is 478. The van der Waals surface area contributed by atoms with Crippen LogP contribution in [-0.2, 0) is 4.74 Å². The Morgan fingerprint density at radius 1 is 1.38 bits per heavy atom. The number of carbonyl (C=O) groups excluding carboxylic acids is 1. The molecule has 1 aliphatic rings. The third-order valence-electron chi connectivity index (χ3n) is 3.87. The second kappa shape index (κ2) is 7.43. The summed E-state index contributed by atoms with van der Waals surface area (Å²) < 4.78 is 10.5. The minimum absolute atomic E-state index is 0.340. The highest BCUT2D eigenvalue weighted by atomic mass is 16.5. The minimum atomic E-state index is -0.340. The number of rotatable bonds is 5. The van der Waals surface area contributed by atoms with Gasteiger partial charge in [-0.15, -0.1) is 0 Å². The van der Waals surface area contributed by atoms with Crippen LogP contribution in [0.3, 0.4) is 0 Å². The van der Waals surface area contributed by atoms with Gasteiger partial charge in [-0.3, -0.25) is 4.90 Å². The van der Waals surface area contributed by atoms with Gasteiger partial charge < -0.3 is 14.4 Å². The monoisotopic (exact) mass is 292 g/mol. The first-order valence-corrected chi connectivity index (χ1v) is 7.34. The van der Waals surface area contributed by atoms with Crippen LogP contribution < -0.4 is 4.74 Å². The fraction of sp³-hybridized carbons (Fsp3) is 0.562. The Labute approximate surface area is 126 Å². The molecule has 2 rings (SSSR count). The quantitative estimate of drug-likeness (QED) is 0.769. The second-order valence-corrected chi connectivity index (χ2v) is 5.52. The third kappa shape index (κ3) is 4.44. The van der Waals surface area contributed by atoms with Gasteiger partial charge in [0.15, 0.2) is 0 Å². The second-order valence-electron chi connectivity index (χ2n) is 5.52. The standard InChI is InChI=1S/C16H24N2O3/c1-13-12-17(2)7-8-18(13)9-10-21-15-6-4-5-14(11-15)16(19)20-3/h4-6,11,13H,7-10,12H2,1-3H3. The van der Waals surface area contributed by atoms with E-state index >= 15 is 0 Å². The highest BCUT2D eigenvalue weighted by molar-refractivity contribution is 5.89. The largest absolute Gasteiger partial charge is 0.492 e. The number of hydrogen-bond donors (Lipinski definition) is 0. The number of ether oxygens (including phenoxy) is 2. The van der Waals surface area contributed by atoms with Crippen LogP contribution >= 0.6 is 0 Å². The van der Waals surface area contributed by atoms with Crippen LogP contribution in [0.5, 0.6) is 5.75 Å². The van der Waals surface area contributed by atoms with E-state index in [1.165, 1.54) is 7.11 Å². The Hall–Kier alpha value is -1.59. The van der Waals surface area contributed by atoms with Gasteiger partial charge in [0.1, 0.15) is 12.4 Å². The van der Waals surface area contributed by atoms with Crippen molar-refractivity contribution in [3.8, 4) is 5.75 Å². The lowest BCUT2D eigenvalue weighted by molar-refractivity contribution is 0.0600. The van der Waals surface area contributed by atoms with Crippen molar-refractivity contribution in [2.24, 2.45) is 0 Å². The van der Waals surface area contributed by atoms with E-state index < -0.39 is 0 Å². The molecule has 116 valence electrons. The molecule has 5 nitrogen and oxygen atoms in total. The maximum absolute atomic E-state index is 11.5. The van der Waals surface area contributed by atoms with Crippen molar-refractivity contribution in [2.75, 3.05) is 46.9 Å². The van der Waals surface area contributed by atoms with Crippen LogP contribution in [0.15, 0.2) is 24.3 Å². The summed E-state index contributed by atoms with van der Waals surface area (Å²) in [4.78, 5) is 16.3. The molecule has 1 fully saturated rings. The summed E-state index contributed by atoms with van der Waals surface area (Å²) in [6.45, 7) is 7.03. The average molecular weight is 292 g/mol. The molecule has 0 N–H and O–H groups in total. The normalized spacial score (nSPS) is 20.2. The van der Waals surface area contributed by atoms with Gasteiger partial charge in [-0.25, -0.2) is 4.79 Å². The molecule has 0 spiro atoms. The van der Waals surface area contributed by atoms with Gasteiger partial charge in [0.2, 0.25) is 0 Å². The third-order valence-corrected chi connectivity index (χ3v) is 3.87. The smallest absolute Gasteiger partial charge is 0.337 e. The molecule has 0 radical (unpaired) electrons. The Morgan fingerprint density at radius 2 is 2.19 bits per heavy atom. The van der Waals surface area contributed by atoms with Crippen LogP contribution in [-0.4, -0.2) is 68.8 Å². The Kier molecular flexibility index (Phi) is 5.59. The van der Waals surface area contributed by atoms with Gasteiger partial charge in [0, 0.05) is 32.2 Å². The molecule has 1 aliphatic heterocycles. The van der Waals surface area contributed by atoms with E-state index in [0.717, 1.165) is 26.2 Å². The summed E-state index contributed by atoms with van der Waals surface area (Å²) in [5.41, 5.74) is 0.517. The number of nitrogens with zero attached hydrogens (tertiary/aromatic N) is 2. The molecule has 1 aromatic rings. The summed E-state index contributed by atoms with van der Waals surface area (Å²) in [7, 11) is 3.53. The topological polar surface area (TPSA) is 42.0 Å². The molecule has 0 aromatic heterocycles. The summed E-state index contributed by atoms with van der Waals surface area (Å²) >= 11 is 0. The van der Waals surface area contributed by atoms with Gasteiger partial charge in [0.05, 0.1) is 12.7 Å². The first-order valence-electron chi connectivity index (χ1n) is 7.34. The molecule has 0 bridgehead atoms. The first-order chi connectivity index (χ1) is 10.1. The van der Waals surface area contributed by atoms with Gasteiger partial charge >= 0.3 is 5.97 Å². The number of carbonyl (C=O) groups is 1. The number of benzene rings is 1. The SMILES string of the molecule is COC(=O)c1cccc(OCCN2CCN(C)CC2C)c1. The van der Waals surface area contributed by atoms with Crippen LogP contribution in [0.25, 0.3) is 0 Å². The molecule has 0 aliphatic carbocycles. The molecular formula is C16H24N2O3. The number of methoxy groups -OCH3 is 1. The summed E-state index contributed by atoms with van der Waals surface area (Å²) in [6, 6.07) is 7.66. The fourth-order valence-electron chi connectivity index (χ4n) is 2.62. The number of esters is 1. The van der Waals surface area contributed by atoms with Gasteiger partial charge in [-0.05, 0) is 32.2 Å². The Balaban J connectivity index is 1.82. The minimum Gasteiger partial charge on any atom is -0.492 e.